The largest absolute Gasteiger partial charge is 0.493 e. The third-order valence-electron chi connectivity index (χ3n) is 4.54. The number of benzene rings is 1. The number of rotatable bonds is 6. The van der Waals surface area contributed by atoms with Crippen LogP contribution in [0.5, 0.6) is 17.2 Å². The minimum atomic E-state index is 0.117. The van der Waals surface area contributed by atoms with E-state index in [1.807, 2.05) is 24.0 Å². The van der Waals surface area contributed by atoms with E-state index in [0.717, 1.165) is 31.2 Å². The van der Waals surface area contributed by atoms with Crippen molar-refractivity contribution in [3.63, 3.8) is 0 Å². The molecule has 1 fully saturated rings. The van der Waals surface area contributed by atoms with Crippen molar-refractivity contribution >= 4 is 11.9 Å². The van der Waals surface area contributed by atoms with Gasteiger partial charge in [0.05, 0.1) is 27.9 Å². The summed E-state index contributed by atoms with van der Waals surface area (Å²) in [6.07, 6.45) is 0. The molecule has 1 aliphatic heterocycles. The SMILES string of the molecule is CCNC(=NCc1ccc(OC)c(OC)c1OC)N1CCN(C(C)=O)CC1. The lowest BCUT2D eigenvalue weighted by Gasteiger charge is -2.36. The molecule has 1 saturated heterocycles. The van der Waals surface area contributed by atoms with E-state index in [0.29, 0.717) is 36.9 Å². The van der Waals surface area contributed by atoms with Crippen LogP contribution in [0.2, 0.25) is 0 Å². The van der Waals surface area contributed by atoms with E-state index in [9.17, 15) is 4.79 Å². The average molecular weight is 378 g/mol. The second kappa shape index (κ2) is 9.89. The van der Waals surface area contributed by atoms with Gasteiger partial charge in [0.15, 0.2) is 17.5 Å². The first kappa shape index (κ1) is 20.7. The zero-order chi connectivity index (χ0) is 19.8. The number of methoxy groups -OCH3 is 3. The van der Waals surface area contributed by atoms with Crippen LogP contribution in [0, 0.1) is 0 Å². The van der Waals surface area contributed by atoms with Crippen molar-refractivity contribution in [2.75, 3.05) is 54.1 Å². The number of amides is 1. The molecule has 150 valence electrons. The lowest BCUT2D eigenvalue weighted by atomic mass is 10.1. The Kier molecular flexibility index (Phi) is 7.57. The molecule has 0 aromatic heterocycles. The molecule has 0 aliphatic carbocycles. The summed E-state index contributed by atoms with van der Waals surface area (Å²) in [4.78, 5) is 20.3. The van der Waals surface area contributed by atoms with Gasteiger partial charge in [-0.25, -0.2) is 4.99 Å². The van der Waals surface area contributed by atoms with Crippen LogP contribution in [0.1, 0.15) is 19.4 Å². The topological polar surface area (TPSA) is 75.6 Å². The van der Waals surface area contributed by atoms with E-state index in [1.165, 1.54) is 0 Å². The second-order valence-corrected chi connectivity index (χ2v) is 6.16. The molecule has 0 saturated carbocycles. The molecule has 0 spiro atoms. The fourth-order valence-corrected chi connectivity index (χ4v) is 3.11. The van der Waals surface area contributed by atoms with Crippen molar-refractivity contribution in [2.24, 2.45) is 4.99 Å². The highest BCUT2D eigenvalue weighted by atomic mass is 16.5. The molecule has 0 bridgehead atoms. The zero-order valence-corrected chi connectivity index (χ0v) is 16.9. The highest BCUT2D eigenvalue weighted by molar-refractivity contribution is 5.80. The lowest BCUT2D eigenvalue weighted by Crippen LogP contribution is -2.53. The van der Waals surface area contributed by atoms with E-state index >= 15 is 0 Å². The minimum Gasteiger partial charge on any atom is -0.493 e. The Balaban J connectivity index is 2.19. The fourth-order valence-electron chi connectivity index (χ4n) is 3.11. The van der Waals surface area contributed by atoms with Crippen LogP contribution >= 0.6 is 0 Å². The first-order valence-corrected chi connectivity index (χ1v) is 9.12. The molecule has 27 heavy (non-hydrogen) atoms. The molecule has 1 N–H and O–H groups in total. The van der Waals surface area contributed by atoms with Crippen LogP contribution < -0.4 is 19.5 Å². The number of nitrogens with zero attached hydrogens (tertiary/aromatic N) is 3. The normalized spacial score (nSPS) is 14.8. The maximum absolute atomic E-state index is 11.5. The monoisotopic (exact) mass is 378 g/mol. The van der Waals surface area contributed by atoms with Gasteiger partial charge in [0.2, 0.25) is 11.7 Å². The first-order valence-electron chi connectivity index (χ1n) is 9.12. The van der Waals surface area contributed by atoms with Crippen LogP contribution in [-0.4, -0.2) is 75.7 Å². The van der Waals surface area contributed by atoms with Gasteiger partial charge in [0.25, 0.3) is 0 Å². The van der Waals surface area contributed by atoms with Gasteiger partial charge in [-0.2, -0.15) is 0 Å². The Bertz CT molecular complexity index is 670. The molecule has 2 rings (SSSR count). The van der Waals surface area contributed by atoms with E-state index in [-0.39, 0.29) is 5.91 Å². The molecular weight excluding hydrogens is 348 g/mol. The average Bonchev–Trinajstić information content (AvgIpc) is 2.70. The number of piperazine rings is 1. The van der Waals surface area contributed by atoms with Crippen LogP contribution in [0.15, 0.2) is 17.1 Å². The van der Waals surface area contributed by atoms with Gasteiger partial charge >= 0.3 is 0 Å². The Morgan fingerprint density at radius 3 is 2.19 bits per heavy atom. The molecule has 0 unspecified atom stereocenters. The quantitative estimate of drug-likeness (QED) is 0.595. The second-order valence-electron chi connectivity index (χ2n) is 6.16. The van der Waals surface area contributed by atoms with Crippen molar-refractivity contribution in [2.45, 2.75) is 20.4 Å². The molecule has 1 aromatic carbocycles. The third-order valence-corrected chi connectivity index (χ3v) is 4.54. The number of carbonyl (C=O) groups excluding carboxylic acids is 1. The molecule has 1 aliphatic rings. The molecule has 0 radical (unpaired) electrons. The molecular formula is C19H30N4O4. The summed E-state index contributed by atoms with van der Waals surface area (Å²) in [7, 11) is 4.79. The van der Waals surface area contributed by atoms with Gasteiger partial charge < -0.3 is 29.3 Å². The van der Waals surface area contributed by atoms with Gasteiger partial charge in [-0.15, -0.1) is 0 Å². The molecule has 0 atom stereocenters. The summed E-state index contributed by atoms with van der Waals surface area (Å²) in [6, 6.07) is 3.78. The third kappa shape index (κ3) is 4.96. The Morgan fingerprint density at radius 1 is 1.04 bits per heavy atom. The van der Waals surface area contributed by atoms with Gasteiger partial charge in [0.1, 0.15) is 0 Å². The number of aliphatic imine (C=N–C) groups is 1. The highest BCUT2D eigenvalue weighted by Crippen LogP contribution is 2.39. The molecule has 1 heterocycles. The smallest absolute Gasteiger partial charge is 0.219 e. The van der Waals surface area contributed by atoms with E-state index in [4.69, 9.17) is 19.2 Å². The van der Waals surface area contributed by atoms with Gasteiger partial charge in [-0.3, -0.25) is 4.79 Å². The summed E-state index contributed by atoms with van der Waals surface area (Å²) in [5.74, 6) is 2.75. The van der Waals surface area contributed by atoms with Gasteiger partial charge in [0, 0.05) is 45.2 Å². The molecule has 8 heteroatoms. The Hall–Kier alpha value is -2.64. The minimum absolute atomic E-state index is 0.117. The number of carbonyl (C=O) groups is 1. The molecule has 1 amide bonds. The maximum atomic E-state index is 11.5. The molecule has 8 nitrogen and oxygen atoms in total. The predicted molar refractivity (Wildman–Crippen MR) is 105 cm³/mol. The number of hydrogen-bond acceptors (Lipinski definition) is 5. The number of hydrogen-bond donors (Lipinski definition) is 1. The summed E-state index contributed by atoms with van der Waals surface area (Å²) in [6.45, 7) is 7.80. The number of guanidine groups is 1. The lowest BCUT2D eigenvalue weighted by molar-refractivity contribution is -0.130. The standard InChI is InChI=1S/C19H30N4O4/c1-6-20-19(23-11-9-22(10-12-23)14(2)24)21-13-15-7-8-16(25-3)18(27-5)17(15)26-4/h7-8H,6,9-13H2,1-5H3,(H,20,21). The van der Waals surface area contributed by atoms with E-state index in [2.05, 4.69) is 10.2 Å². The van der Waals surface area contributed by atoms with E-state index in [1.54, 1.807) is 28.3 Å². The van der Waals surface area contributed by atoms with Crippen molar-refractivity contribution < 1.29 is 19.0 Å². The maximum Gasteiger partial charge on any atom is 0.219 e. The first-order chi connectivity index (χ1) is 13.0. The summed E-state index contributed by atoms with van der Waals surface area (Å²) in [5, 5.41) is 3.33. The summed E-state index contributed by atoms with van der Waals surface area (Å²) >= 11 is 0. The van der Waals surface area contributed by atoms with Gasteiger partial charge in [-0.1, -0.05) is 0 Å². The van der Waals surface area contributed by atoms with Gasteiger partial charge in [-0.05, 0) is 19.1 Å². The summed E-state index contributed by atoms with van der Waals surface area (Å²) < 4.78 is 16.3. The molecule has 1 aromatic rings. The van der Waals surface area contributed by atoms with Crippen molar-refractivity contribution in [3.05, 3.63) is 17.7 Å². The van der Waals surface area contributed by atoms with Crippen molar-refractivity contribution in [1.29, 1.82) is 0 Å². The number of nitrogens with one attached hydrogen (secondary N) is 1. The Labute approximate surface area is 161 Å². The van der Waals surface area contributed by atoms with Crippen LogP contribution in [0.4, 0.5) is 0 Å². The zero-order valence-electron chi connectivity index (χ0n) is 16.9. The van der Waals surface area contributed by atoms with Crippen molar-refractivity contribution in [1.82, 2.24) is 15.1 Å². The Morgan fingerprint density at radius 2 is 1.67 bits per heavy atom. The summed E-state index contributed by atoms with van der Waals surface area (Å²) in [5.41, 5.74) is 0.910. The van der Waals surface area contributed by atoms with Crippen LogP contribution in [0.25, 0.3) is 0 Å². The highest BCUT2D eigenvalue weighted by Gasteiger charge is 2.21. The van der Waals surface area contributed by atoms with E-state index < -0.39 is 0 Å². The predicted octanol–water partition coefficient (Wildman–Crippen LogP) is 1.34. The van der Waals surface area contributed by atoms with Crippen LogP contribution in [-0.2, 0) is 11.3 Å². The van der Waals surface area contributed by atoms with Crippen molar-refractivity contribution in [3.8, 4) is 17.2 Å². The van der Waals surface area contributed by atoms with Crippen LogP contribution in [0.3, 0.4) is 0 Å². The number of ether oxygens (including phenoxy) is 3. The fraction of sp³-hybridized carbons (Fsp3) is 0.579.